The summed E-state index contributed by atoms with van der Waals surface area (Å²) < 4.78 is 0. The van der Waals surface area contributed by atoms with Crippen molar-refractivity contribution in [2.75, 3.05) is 0 Å². The summed E-state index contributed by atoms with van der Waals surface area (Å²) >= 11 is 0. The number of hydrogen-bond donors (Lipinski definition) is 1. The van der Waals surface area contributed by atoms with Crippen LogP contribution < -0.4 is 5.73 Å². The van der Waals surface area contributed by atoms with Crippen LogP contribution in [-0.2, 0) is 6.42 Å². The van der Waals surface area contributed by atoms with E-state index < -0.39 is 0 Å². The third kappa shape index (κ3) is 2.28. The summed E-state index contributed by atoms with van der Waals surface area (Å²) in [7, 11) is 0. The molecular weight excluding hydrogens is 206 g/mol. The lowest BCUT2D eigenvalue weighted by molar-refractivity contribution is 0.736. The molecule has 1 unspecified atom stereocenters. The normalized spacial score (nSPS) is 19.8. The SMILES string of the molecule is CCC1=C(N)C=CCC1c1ccccc1CC. The maximum absolute atomic E-state index is 6.10. The van der Waals surface area contributed by atoms with Crippen molar-refractivity contribution in [1.82, 2.24) is 0 Å². The van der Waals surface area contributed by atoms with Gasteiger partial charge >= 0.3 is 0 Å². The van der Waals surface area contributed by atoms with Gasteiger partial charge in [0.15, 0.2) is 0 Å². The van der Waals surface area contributed by atoms with E-state index in [0.29, 0.717) is 5.92 Å². The molecule has 0 amide bonds. The van der Waals surface area contributed by atoms with Crippen LogP contribution in [0.5, 0.6) is 0 Å². The highest BCUT2D eigenvalue weighted by Crippen LogP contribution is 2.36. The Bertz CT molecular complexity index is 454. The molecular formula is C16H21N. The third-order valence-electron chi connectivity index (χ3n) is 3.65. The predicted molar refractivity (Wildman–Crippen MR) is 73.8 cm³/mol. The molecule has 0 aliphatic heterocycles. The molecule has 1 aromatic rings. The summed E-state index contributed by atoms with van der Waals surface area (Å²) in [6.45, 7) is 4.42. The van der Waals surface area contributed by atoms with E-state index in [4.69, 9.17) is 5.73 Å². The van der Waals surface area contributed by atoms with Crippen LogP contribution in [0, 0.1) is 0 Å². The molecule has 1 heteroatoms. The van der Waals surface area contributed by atoms with Gasteiger partial charge in [-0.3, -0.25) is 0 Å². The van der Waals surface area contributed by atoms with Gasteiger partial charge in [-0.15, -0.1) is 0 Å². The number of hydrogen-bond acceptors (Lipinski definition) is 1. The van der Waals surface area contributed by atoms with Crippen molar-refractivity contribution in [3.8, 4) is 0 Å². The topological polar surface area (TPSA) is 26.0 Å². The Morgan fingerprint density at radius 1 is 1.18 bits per heavy atom. The van der Waals surface area contributed by atoms with Crippen LogP contribution in [-0.4, -0.2) is 0 Å². The Kier molecular flexibility index (Phi) is 3.68. The van der Waals surface area contributed by atoms with Gasteiger partial charge in [0.25, 0.3) is 0 Å². The first kappa shape index (κ1) is 12.0. The highest BCUT2D eigenvalue weighted by molar-refractivity contribution is 5.42. The molecule has 90 valence electrons. The molecule has 17 heavy (non-hydrogen) atoms. The smallest absolute Gasteiger partial charge is 0.0308 e. The molecule has 1 aromatic carbocycles. The molecule has 0 radical (unpaired) electrons. The van der Waals surface area contributed by atoms with Crippen LogP contribution in [0.4, 0.5) is 0 Å². The number of rotatable bonds is 3. The molecule has 0 bridgehead atoms. The van der Waals surface area contributed by atoms with E-state index in [0.717, 1.165) is 25.0 Å². The number of nitrogens with two attached hydrogens (primary N) is 1. The molecule has 1 atom stereocenters. The monoisotopic (exact) mass is 227 g/mol. The zero-order valence-electron chi connectivity index (χ0n) is 10.7. The fourth-order valence-corrected chi connectivity index (χ4v) is 2.74. The fraction of sp³-hybridized carbons (Fsp3) is 0.375. The molecule has 0 fully saturated rings. The standard InChI is InChI=1S/C16H21N/c1-3-12-8-5-6-9-14(12)15-10-7-11-16(17)13(15)4-2/h5-9,11,15H,3-4,10,17H2,1-2H3. The van der Waals surface area contributed by atoms with Crippen LogP contribution in [0.3, 0.4) is 0 Å². The van der Waals surface area contributed by atoms with E-state index in [2.05, 4.69) is 50.3 Å². The lowest BCUT2D eigenvalue weighted by Crippen LogP contribution is -2.13. The van der Waals surface area contributed by atoms with E-state index in [9.17, 15) is 0 Å². The Morgan fingerprint density at radius 2 is 1.94 bits per heavy atom. The van der Waals surface area contributed by atoms with E-state index in [-0.39, 0.29) is 0 Å². The maximum atomic E-state index is 6.10. The summed E-state index contributed by atoms with van der Waals surface area (Å²) in [6, 6.07) is 8.75. The molecule has 0 aromatic heterocycles. The largest absolute Gasteiger partial charge is 0.399 e. The summed E-state index contributed by atoms with van der Waals surface area (Å²) in [5.74, 6) is 0.487. The second-order valence-electron chi connectivity index (χ2n) is 4.58. The van der Waals surface area contributed by atoms with Crippen LogP contribution >= 0.6 is 0 Å². The lowest BCUT2D eigenvalue weighted by atomic mass is 9.80. The Hall–Kier alpha value is -1.50. The van der Waals surface area contributed by atoms with Crippen molar-refractivity contribution in [3.63, 3.8) is 0 Å². The van der Waals surface area contributed by atoms with Crippen molar-refractivity contribution >= 4 is 0 Å². The Balaban J connectivity index is 2.43. The van der Waals surface area contributed by atoms with Gasteiger partial charge in [-0.2, -0.15) is 0 Å². The Morgan fingerprint density at radius 3 is 2.65 bits per heavy atom. The van der Waals surface area contributed by atoms with E-state index in [1.165, 1.54) is 16.7 Å². The molecule has 0 saturated carbocycles. The van der Waals surface area contributed by atoms with Crippen molar-refractivity contribution in [1.29, 1.82) is 0 Å². The predicted octanol–water partition coefficient (Wildman–Crippen LogP) is 3.92. The average molecular weight is 227 g/mol. The van der Waals surface area contributed by atoms with Gasteiger partial charge in [0.1, 0.15) is 0 Å². The first-order valence-electron chi connectivity index (χ1n) is 6.50. The molecule has 2 rings (SSSR count). The van der Waals surface area contributed by atoms with Crippen LogP contribution in [0.1, 0.15) is 43.7 Å². The first-order chi connectivity index (χ1) is 8.27. The van der Waals surface area contributed by atoms with Crippen LogP contribution in [0.2, 0.25) is 0 Å². The number of allylic oxidation sites excluding steroid dienone is 3. The summed E-state index contributed by atoms with van der Waals surface area (Å²) in [4.78, 5) is 0. The molecule has 1 nitrogen and oxygen atoms in total. The minimum Gasteiger partial charge on any atom is -0.399 e. The zero-order valence-corrected chi connectivity index (χ0v) is 10.7. The Labute approximate surface area is 104 Å². The van der Waals surface area contributed by atoms with E-state index in [1.54, 1.807) is 0 Å². The van der Waals surface area contributed by atoms with Gasteiger partial charge < -0.3 is 5.73 Å². The second kappa shape index (κ2) is 5.22. The molecule has 0 saturated heterocycles. The maximum Gasteiger partial charge on any atom is 0.0308 e. The molecule has 0 heterocycles. The van der Waals surface area contributed by atoms with Crippen molar-refractivity contribution in [3.05, 3.63) is 58.8 Å². The fourth-order valence-electron chi connectivity index (χ4n) is 2.74. The van der Waals surface area contributed by atoms with Gasteiger partial charge in [-0.05, 0) is 42.0 Å². The lowest BCUT2D eigenvalue weighted by Gasteiger charge is -2.25. The van der Waals surface area contributed by atoms with E-state index >= 15 is 0 Å². The second-order valence-corrected chi connectivity index (χ2v) is 4.58. The van der Waals surface area contributed by atoms with Crippen molar-refractivity contribution < 1.29 is 0 Å². The quantitative estimate of drug-likeness (QED) is 0.832. The van der Waals surface area contributed by atoms with E-state index in [1.807, 2.05) is 0 Å². The van der Waals surface area contributed by atoms with Crippen molar-refractivity contribution in [2.24, 2.45) is 5.73 Å². The van der Waals surface area contributed by atoms with Crippen molar-refractivity contribution in [2.45, 2.75) is 39.0 Å². The van der Waals surface area contributed by atoms with Gasteiger partial charge in [0.05, 0.1) is 0 Å². The van der Waals surface area contributed by atoms with Gasteiger partial charge in [-0.25, -0.2) is 0 Å². The summed E-state index contributed by atoms with van der Waals surface area (Å²) in [5, 5.41) is 0. The first-order valence-corrected chi connectivity index (χ1v) is 6.50. The van der Waals surface area contributed by atoms with Gasteiger partial charge in [-0.1, -0.05) is 44.2 Å². The number of aryl methyl sites for hydroxylation is 1. The molecule has 1 aliphatic rings. The molecule has 1 aliphatic carbocycles. The molecule has 2 N–H and O–H groups in total. The minimum absolute atomic E-state index is 0.487. The zero-order chi connectivity index (χ0) is 12.3. The van der Waals surface area contributed by atoms with Crippen LogP contribution in [0.15, 0.2) is 47.7 Å². The summed E-state index contributed by atoms with van der Waals surface area (Å²) in [6.07, 6.45) is 7.47. The van der Waals surface area contributed by atoms with Crippen LogP contribution in [0.25, 0.3) is 0 Å². The average Bonchev–Trinajstić information content (AvgIpc) is 2.38. The summed E-state index contributed by atoms with van der Waals surface area (Å²) in [5.41, 5.74) is 11.4. The minimum atomic E-state index is 0.487. The third-order valence-corrected chi connectivity index (χ3v) is 3.65. The highest BCUT2D eigenvalue weighted by Gasteiger charge is 2.20. The van der Waals surface area contributed by atoms with Gasteiger partial charge in [0.2, 0.25) is 0 Å². The highest BCUT2D eigenvalue weighted by atomic mass is 14.6. The number of benzene rings is 1. The van der Waals surface area contributed by atoms with Gasteiger partial charge in [0, 0.05) is 11.6 Å². The molecule has 0 spiro atoms.